The standard InChI is InChI=1S/C23H13NO2PS.C5H8O2.Ir/c28-27-21-10-3-1-8-17(21)25-19-13-15(16-7-5-6-12-24-16)14-20(23(19)27)26-18-9-2-4-11-22(18)27;1-4(6)3-5(2)7;/h1-13H;3,6H,1-2H3;/q-1;;/b;4-3-;. The quantitative estimate of drug-likeness (QED) is 0.111. The normalized spacial score (nSPS) is 16.3. The topological polar surface area (TPSA) is 68.7 Å². The van der Waals surface area contributed by atoms with Gasteiger partial charge >= 0.3 is 0 Å². The van der Waals surface area contributed by atoms with E-state index in [1.807, 2.05) is 60.7 Å². The molecule has 4 aromatic rings. The molecule has 0 fully saturated rings. The molecule has 0 aliphatic carbocycles. The molecule has 0 bridgehead atoms. The Kier molecular flexibility index (Phi) is 7.58. The van der Waals surface area contributed by atoms with Crippen LogP contribution in [0.1, 0.15) is 13.8 Å². The third kappa shape index (κ3) is 4.68. The van der Waals surface area contributed by atoms with Crippen LogP contribution in [0.15, 0.2) is 90.8 Å². The minimum Gasteiger partial charge on any atom is -0.512 e. The molecule has 0 spiro atoms. The van der Waals surface area contributed by atoms with Crippen molar-refractivity contribution in [3.05, 3.63) is 96.9 Å². The third-order valence-corrected chi connectivity index (χ3v) is 10.4. The van der Waals surface area contributed by atoms with Crippen LogP contribution in [0.25, 0.3) is 11.3 Å². The van der Waals surface area contributed by atoms with Crippen molar-refractivity contribution in [3.8, 4) is 34.3 Å². The van der Waals surface area contributed by atoms with Crippen LogP contribution in [0.3, 0.4) is 0 Å². The van der Waals surface area contributed by atoms with Crippen molar-refractivity contribution in [2.75, 3.05) is 0 Å². The van der Waals surface area contributed by atoms with Crippen molar-refractivity contribution in [1.82, 2.24) is 4.98 Å². The van der Waals surface area contributed by atoms with Gasteiger partial charge in [0.25, 0.3) is 0 Å². The van der Waals surface area contributed by atoms with Crippen molar-refractivity contribution < 1.29 is 39.5 Å². The number of fused-ring (bicyclic) bond motifs is 4. The molecule has 1 N–H and O–H groups in total. The Labute approximate surface area is 228 Å². The number of para-hydroxylation sites is 2. The number of aromatic nitrogens is 1. The predicted octanol–water partition coefficient (Wildman–Crippen LogP) is 5.55. The third-order valence-electron chi connectivity index (χ3n) is 5.48. The number of aliphatic hydroxyl groups excluding tert-OH is 1. The maximum Gasteiger partial charge on any atom is 0.155 e. The summed E-state index contributed by atoms with van der Waals surface area (Å²) in [6, 6.07) is 25.0. The molecule has 2 aliphatic heterocycles. The molecular formula is C28H21IrNO4PS-. The van der Waals surface area contributed by atoms with E-state index in [0.717, 1.165) is 44.4 Å². The fourth-order valence-corrected chi connectivity index (χ4v) is 8.57. The molecule has 1 radical (unpaired) electrons. The zero-order chi connectivity index (χ0) is 24.6. The van der Waals surface area contributed by atoms with E-state index in [-0.39, 0.29) is 31.6 Å². The van der Waals surface area contributed by atoms with Gasteiger partial charge in [-0.25, -0.2) is 0 Å². The fourth-order valence-electron chi connectivity index (χ4n) is 4.14. The molecule has 183 valence electrons. The first-order chi connectivity index (χ1) is 16.9. The second kappa shape index (κ2) is 10.5. The van der Waals surface area contributed by atoms with Crippen molar-refractivity contribution >= 4 is 39.5 Å². The number of ketones is 1. The summed E-state index contributed by atoms with van der Waals surface area (Å²) >= 11 is 6.43. The minimum absolute atomic E-state index is 0. The second-order valence-corrected chi connectivity index (χ2v) is 12.4. The van der Waals surface area contributed by atoms with E-state index in [1.165, 1.54) is 19.9 Å². The molecule has 3 heterocycles. The average molecular weight is 691 g/mol. The number of carbonyl (C=O) groups excluding carboxylic acids is 1. The van der Waals surface area contributed by atoms with Crippen molar-refractivity contribution in [3.63, 3.8) is 0 Å². The Balaban J connectivity index is 0.000000338. The van der Waals surface area contributed by atoms with Gasteiger partial charge in [0.05, 0.1) is 17.3 Å². The van der Waals surface area contributed by atoms with Gasteiger partial charge in [0.2, 0.25) is 0 Å². The van der Waals surface area contributed by atoms with Crippen LogP contribution in [0.2, 0.25) is 0 Å². The second-order valence-electron chi connectivity index (χ2n) is 8.09. The van der Waals surface area contributed by atoms with Gasteiger partial charge in [-0.1, -0.05) is 72.5 Å². The molecule has 1 unspecified atom stereocenters. The van der Waals surface area contributed by atoms with Crippen LogP contribution < -0.4 is 25.4 Å². The Morgan fingerprint density at radius 1 is 0.944 bits per heavy atom. The summed E-state index contributed by atoms with van der Waals surface area (Å²) in [5.41, 5.74) is 1.65. The zero-order valence-corrected chi connectivity index (χ0v) is 23.5. The zero-order valence-electron chi connectivity index (χ0n) is 19.4. The van der Waals surface area contributed by atoms with Crippen molar-refractivity contribution in [1.29, 1.82) is 0 Å². The minimum atomic E-state index is -2.29. The SMILES string of the molecule is CC(=O)/C=C(/C)O.S=P12c3ccccc3Oc3[c-]c(-c4ccccn4)cc(c31)Oc1ccccc12.[Ir]. The molecule has 0 amide bonds. The smallest absolute Gasteiger partial charge is 0.155 e. The van der Waals surface area contributed by atoms with Crippen LogP contribution in [0.4, 0.5) is 0 Å². The Morgan fingerprint density at radius 2 is 1.56 bits per heavy atom. The summed E-state index contributed by atoms with van der Waals surface area (Å²) in [7, 11) is 0. The molecule has 36 heavy (non-hydrogen) atoms. The summed E-state index contributed by atoms with van der Waals surface area (Å²) < 4.78 is 12.6. The van der Waals surface area contributed by atoms with Crippen LogP contribution in [-0.2, 0) is 36.7 Å². The predicted molar refractivity (Wildman–Crippen MR) is 142 cm³/mol. The van der Waals surface area contributed by atoms with E-state index in [0.29, 0.717) is 5.75 Å². The van der Waals surface area contributed by atoms with Crippen LogP contribution >= 0.6 is 6.04 Å². The molecular weight excluding hydrogens is 670 g/mol. The number of hydrogen-bond acceptors (Lipinski definition) is 6. The molecule has 6 rings (SSSR count). The van der Waals surface area contributed by atoms with E-state index in [2.05, 4.69) is 23.2 Å². The van der Waals surface area contributed by atoms with Crippen LogP contribution in [0.5, 0.6) is 23.0 Å². The fraction of sp³-hybridized carbons (Fsp3) is 0.0714. The largest absolute Gasteiger partial charge is 0.512 e. The van der Waals surface area contributed by atoms with E-state index >= 15 is 0 Å². The molecule has 0 saturated carbocycles. The summed E-state index contributed by atoms with van der Waals surface area (Å²) in [5, 5.41) is 11.4. The maximum absolute atomic E-state index is 10.0. The number of hydrogen-bond donors (Lipinski definition) is 1. The number of pyridine rings is 1. The number of nitrogens with zero attached hydrogens (tertiary/aromatic N) is 1. The molecule has 5 nitrogen and oxygen atoms in total. The number of aliphatic hydroxyl groups is 1. The number of benzene rings is 3. The van der Waals surface area contributed by atoms with Crippen LogP contribution in [-0.4, -0.2) is 15.9 Å². The van der Waals surface area contributed by atoms with E-state index in [9.17, 15) is 4.79 Å². The summed E-state index contributed by atoms with van der Waals surface area (Å²) in [6.45, 7) is 2.85. The van der Waals surface area contributed by atoms with Crippen LogP contribution in [0, 0.1) is 6.07 Å². The van der Waals surface area contributed by atoms with E-state index in [4.69, 9.17) is 26.4 Å². The number of rotatable bonds is 2. The van der Waals surface area contributed by atoms with Gasteiger partial charge in [0.15, 0.2) is 5.78 Å². The molecule has 2 aliphatic rings. The molecule has 0 saturated heterocycles. The average Bonchev–Trinajstić information content (AvgIpc) is 2.84. The van der Waals surface area contributed by atoms with Gasteiger partial charge in [-0.2, -0.15) is 0 Å². The monoisotopic (exact) mass is 691 g/mol. The molecule has 1 aromatic heterocycles. The Bertz CT molecular complexity index is 1460. The number of carbonyl (C=O) groups is 1. The molecule has 3 aromatic carbocycles. The molecule has 8 heteroatoms. The summed E-state index contributed by atoms with van der Waals surface area (Å²) in [5.74, 6) is 2.95. The first kappa shape index (κ1) is 26.0. The number of ether oxygens (including phenoxy) is 2. The Hall–Kier alpha value is -3.08. The van der Waals surface area contributed by atoms with Gasteiger partial charge in [0, 0.05) is 49.0 Å². The summed E-state index contributed by atoms with van der Waals surface area (Å²) in [6.07, 6.45) is 2.94. The van der Waals surface area contributed by atoms with Crippen molar-refractivity contribution in [2.45, 2.75) is 13.8 Å². The van der Waals surface area contributed by atoms with E-state index in [1.54, 1.807) is 6.20 Å². The van der Waals surface area contributed by atoms with Gasteiger partial charge in [-0.15, -0.1) is 5.56 Å². The van der Waals surface area contributed by atoms with Gasteiger partial charge in [0.1, 0.15) is 11.5 Å². The van der Waals surface area contributed by atoms with Gasteiger partial charge in [-0.05, 0) is 43.0 Å². The van der Waals surface area contributed by atoms with E-state index < -0.39 is 6.04 Å². The van der Waals surface area contributed by atoms with Gasteiger partial charge in [-0.3, -0.25) is 4.79 Å². The first-order valence-electron chi connectivity index (χ1n) is 10.9. The number of allylic oxidation sites excluding steroid dienone is 2. The maximum atomic E-state index is 10.0. The molecule has 1 atom stereocenters. The first-order valence-corrected chi connectivity index (χ1v) is 13.7. The van der Waals surface area contributed by atoms with Crippen molar-refractivity contribution in [2.24, 2.45) is 0 Å². The summed E-state index contributed by atoms with van der Waals surface area (Å²) in [4.78, 5) is 14.5. The Morgan fingerprint density at radius 3 is 2.11 bits per heavy atom. The van der Waals surface area contributed by atoms with Gasteiger partial charge < -0.3 is 19.6 Å².